The lowest BCUT2D eigenvalue weighted by atomic mass is 10.2. The Morgan fingerprint density at radius 1 is 1.21 bits per heavy atom. The second-order valence-corrected chi connectivity index (χ2v) is 2.67. The van der Waals surface area contributed by atoms with Gasteiger partial charge in [0.05, 0.1) is 7.11 Å². The summed E-state index contributed by atoms with van der Waals surface area (Å²) < 4.78 is 10.1. The van der Waals surface area contributed by atoms with E-state index in [0.717, 1.165) is 11.3 Å². The van der Waals surface area contributed by atoms with Crippen LogP contribution in [0.2, 0.25) is 0 Å². The average molecular weight is 191 g/mol. The van der Waals surface area contributed by atoms with Crippen LogP contribution in [-0.2, 0) is 0 Å². The van der Waals surface area contributed by atoms with E-state index in [2.05, 4.69) is 10.2 Å². The Morgan fingerprint density at radius 3 is 2.43 bits per heavy atom. The number of ether oxygens (including phenoxy) is 1. The molecular weight excluding hydrogens is 182 g/mol. The third-order valence-corrected chi connectivity index (χ3v) is 1.78. The van der Waals surface area contributed by atoms with Crippen LogP contribution in [0.15, 0.2) is 28.7 Å². The lowest BCUT2D eigenvalue weighted by Gasteiger charge is -1.98. The quantitative estimate of drug-likeness (QED) is 0.775. The van der Waals surface area contributed by atoms with Gasteiger partial charge in [0.25, 0.3) is 0 Å². The molecule has 0 radical (unpaired) electrons. The van der Waals surface area contributed by atoms with Crippen molar-refractivity contribution in [2.24, 2.45) is 0 Å². The highest BCUT2D eigenvalue weighted by molar-refractivity contribution is 5.54. The molecule has 0 unspecified atom stereocenters. The molecule has 0 aliphatic heterocycles. The van der Waals surface area contributed by atoms with Crippen LogP contribution in [0.25, 0.3) is 11.5 Å². The third-order valence-electron chi connectivity index (χ3n) is 1.78. The normalized spacial score (nSPS) is 10.1. The molecule has 1 aromatic heterocycles. The summed E-state index contributed by atoms with van der Waals surface area (Å²) in [6.45, 7) is 0. The number of benzene rings is 1. The number of hydrogen-bond donors (Lipinski definition) is 1. The minimum atomic E-state index is 0.0656. The lowest BCUT2D eigenvalue weighted by molar-refractivity contribution is 0.415. The maximum Gasteiger partial charge on any atom is 0.313 e. The third kappa shape index (κ3) is 1.52. The van der Waals surface area contributed by atoms with Crippen LogP contribution in [0.5, 0.6) is 5.75 Å². The Hall–Kier alpha value is -2.04. The Balaban J connectivity index is 2.33. The van der Waals surface area contributed by atoms with Crippen LogP contribution < -0.4 is 10.5 Å². The number of nitrogens with zero attached hydrogens (tertiary/aromatic N) is 2. The molecule has 0 saturated heterocycles. The number of rotatable bonds is 2. The molecule has 1 aromatic carbocycles. The van der Waals surface area contributed by atoms with Gasteiger partial charge in [-0.3, -0.25) is 0 Å². The Kier molecular flexibility index (Phi) is 2.06. The van der Waals surface area contributed by atoms with Gasteiger partial charge in [0.15, 0.2) is 0 Å². The van der Waals surface area contributed by atoms with Gasteiger partial charge in [0.2, 0.25) is 5.89 Å². The van der Waals surface area contributed by atoms with Crippen LogP contribution in [0.3, 0.4) is 0 Å². The predicted molar refractivity (Wildman–Crippen MR) is 50.7 cm³/mol. The molecule has 0 saturated carbocycles. The first-order valence-electron chi connectivity index (χ1n) is 4.03. The van der Waals surface area contributed by atoms with Crippen molar-refractivity contribution in [2.75, 3.05) is 12.8 Å². The van der Waals surface area contributed by atoms with Gasteiger partial charge >= 0.3 is 6.01 Å². The zero-order valence-electron chi connectivity index (χ0n) is 7.60. The van der Waals surface area contributed by atoms with E-state index in [0.29, 0.717) is 5.89 Å². The maximum absolute atomic E-state index is 5.31. The summed E-state index contributed by atoms with van der Waals surface area (Å²) in [5.41, 5.74) is 6.12. The van der Waals surface area contributed by atoms with Crippen molar-refractivity contribution in [1.29, 1.82) is 0 Å². The van der Waals surface area contributed by atoms with Gasteiger partial charge in [0, 0.05) is 5.56 Å². The van der Waals surface area contributed by atoms with Crippen LogP contribution >= 0.6 is 0 Å². The molecule has 0 atom stereocenters. The number of hydrogen-bond acceptors (Lipinski definition) is 5. The van der Waals surface area contributed by atoms with Gasteiger partial charge in [-0.25, -0.2) is 0 Å². The van der Waals surface area contributed by atoms with Crippen molar-refractivity contribution in [3.05, 3.63) is 24.3 Å². The molecule has 2 aromatic rings. The van der Waals surface area contributed by atoms with E-state index in [1.54, 1.807) is 7.11 Å². The second kappa shape index (κ2) is 3.37. The van der Waals surface area contributed by atoms with Crippen LogP contribution in [0.1, 0.15) is 0 Å². The van der Waals surface area contributed by atoms with E-state index in [4.69, 9.17) is 14.9 Å². The van der Waals surface area contributed by atoms with Crippen molar-refractivity contribution >= 4 is 6.01 Å². The Labute approximate surface area is 80.5 Å². The Morgan fingerprint density at radius 2 is 1.93 bits per heavy atom. The van der Waals surface area contributed by atoms with Crippen LogP contribution in [0.4, 0.5) is 6.01 Å². The summed E-state index contributed by atoms with van der Waals surface area (Å²) in [7, 11) is 1.61. The van der Waals surface area contributed by atoms with Crippen LogP contribution in [-0.4, -0.2) is 17.3 Å². The van der Waals surface area contributed by atoms with Gasteiger partial charge in [-0.1, -0.05) is 5.10 Å². The summed E-state index contributed by atoms with van der Waals surface area (Å²) in [5, 5.41) is 7.32. The molecule has 0 amide bonds. The first-order valence-corrected chi connectivity index (χ1v) is 4.03. The SMILES string of the molecule is COc1ccc(-c2nnc(N)o2)cc1. The average Bonchev–Trinajstić information content (AvgIpc) is 2.65. The summed E-state index contributed by atoms with van der Waals surface area (Å²) in [6.07, 6.45) is 0. The molecule has 72 valence electrons. The molecule has 2 rings (SSSR count). The van der Waals surface area contributed by atoms with Crippen molar-refractivity contribution < 1.29 is 9.15 Å². The molecule has 2 N–H and O–H groups in total. The first-order chi connectivity index (χ1) is 6.79. The number of anilines is 1. The number of nitrogen functional groups attached to an aromatic ring is 1. The topological polar surface area (TPSA) is 74.2 Å². The van der Waals surface area contributed by atoms with Gasteiger partial charge in [0.1, 0.15) is 5.75 Å². The van der Waals surface area contributed by atoms with Gasteiger partial charge < -0.3 is 14.9 Å². The zero-order chi connectivity index (χ0) is 9.97. The highest BCUT2D eigenvalue weighted by atomic mass is 16.5. The minimum Gasteiger partial charge on any atom is -0.497 e. The summed E-state index contributed by atoms with van der Waals surface area (Å²) in [5.74, 6) is 1.19. The van der Waals surface area contributed by atoms with Gasteiger partial charge in [-0.2, -0.15) is 0 Å². The van der Waals surface area contributed by atoms with Crippen molar-refractivity contribution in [1.82, 2.24) is 10.2 Å². The standard InChI is InChI=1S/C9H9N3O2/c1-13-7-4-2-6(3-5-7)8-11-12-9(10)14-8/h2-5H,1H3,(H2,10,12). The van der Waals surface area contributed by atoms with E-state index < -0.39 is 0 Å². The zero-order valence-corrected chi connectivity index (χ0v) is 7.60. The van der Waals surface area contributed by atoms with Crippen molar-refractivity contribution in [3.63, 3.8) is 0 Å². The Bertz CT molecular complexity index is 422. The van der Waals surface area contributed by atoms with E-state index in [-0.39, 0.29) is 6.01 Å². The highest BCUT2D eigenvalue weighted by Gasteiger charge is 2.05. The number of methoxy groups -OCH3 is 1. The second-order valence-electron chi connectivity index (χ2n) is 2.67. The van der Waals surface area contributed by atoms with E-state index >= 15 is 0 Å². The monoisotopic (exact) mass is 191 g/mol. The molecule has 0 spiro atoms. The maximum atomic E-state index is 5.31. The molecule has 5 nitrogen and oxygen atoms in total. The lowest BCUT2D eigenvalue weighted by Crippen LogP contribution is -1.82. The van der Waals surface area contributed by atoms with Crippen LogP contribution in [0, 0.1) is 0 Å². The van der Waals surface area contributed by atoms with E-state index in [9.17, 15) is 0 Å². The molecular formula is C9H9N3O2. The van der Waals surface area contributed by atoms with E-state index in [1.165, 1.54) is 0 Å². The van der Waals surface area contributed by atoms with E-state index in [1.807, 2.05) is 24.3 Å². The number of aromatic nitrogens is 2. The van der Waals surface area contributed by atoms with Gasteiger partial charge in [-0.05, 0) is 24.3 Å². The van der Waals surface area contributed by atoms with Crippen molar-refractivity contribution in [2.45, 2.75) is 0 Å². The largest absolute Gasteiger partial charge is 0.497 e. The summed E-state index contributed by atoms with van der Waals surface area (Å²) in [4.78, 5) is 0. The molecule has 1 heterocycles. The fourth-order valence-corrected chi connectivity index (χ4v) is 1.08. The number of nitrogens with two attached hydrogens (primary N) is 1. The molecule has 5 heteroatoms. The molecule has 0 aliphatic rings. The fourth-order valence-electron chi connectivity index (χ4n) is 1.08. The first kappa shape index (κ1) is 8.55. The fraction of sp³-hybridized carbons (Fsp3) is 0.111. The minimum absolute atomic E-state index is 0.0656. The summed E-state index contributed by atoms with van der Waals surface area (Å²) >= 11 is 0. The predicted octanol–water partition coefficient (Wildman–Crippen LogP) is 1.33. The van der Waals surface area contributed by atoms with Crippen molar-refractivity contribution in [3.8, 4) is 17.2 Å². The molecule has 0 fully saturated rings. The molecule has 0 aliphatic carbocycles. The summed E-state index contributed by atoms with van der Waals surface area (Å²) in [6, 6.07) is 7.35. The van der Waals surface area contributed by atoms with Gasteiger partial charge in [-0.15, -0.1) is 5.10 Å². The highest BCUT2D eigenvalue weighted by Crippen LogP contribution is 2.21. The smallest absolute Gasteiger partial charge is 0.313 e. The molecule has 0 bridgehead atoms. The molecule has 14 heavy (non-hydrogen) atoms.